The molecular formula is C14H10ClF2NO2. The summed E-state index contributed by atoms with van der Waals surface area (Å²) in [6.07, 6.45) is 0. The maximum absolute atomic E-state index is 13.2. The third-order valence-corrected chi connectivity index (χ3v) is 3.06. The normalized spacial score (nSPS) is 10.4. The first-order chi connectivity index (χ1) is 9.43. The van der Waals surface area contributed by atoms with Crippen LogP contribution in [0.4, 0.5) is 14.5 Å². The highest BCUT2D eigenvalue weighted by molar-refractivity contribution is 6.35. The second-order valence-electron chi connectivity index (χ2n) is 4.03. The monoisotopic (exact) mass is 297 g/mol. The Hall–Kier alpha value is -2.14. The Kier molecular flexibility index (Phi) is 3.90. The van der Waals surface area contributed by atoms with Crippen LogP contribution in [0.1, 0.15) is 15.9 Å². The van der Waals surface area contributed by atoms with Crippen molar-refractivity contribution in [3.63, 3.8) is 0 Å². The zero-order valence-corrected chi connectivity index (χ0v) is 11.2. The van der Waals surface area contributed by atoms with E-state index in [4.69, 9.17) is 22.1 Å². The van der Waals surface area contributed by atoms with Gasteiger partial charge in [-0.25, -0.2) is 8.78 Å². The molecule has 0 spiro atoms. The van der Waals surface area contributed by atoms with Gasteiger partial charge in [0.2, 0.25) is 0 Å². The standard InChI is InChI=1S/C14H10ClF2NO2/c1-20-13-4-7(2-3-12(13)18)14(19)8-5-10(16)11(17)6-9(8)15/h2-6H,18H2,1H3. The largest absolute Gasteiger partial charge is 0.495 e. The molecule has 0 radical (unpaired) electrons. The molecule has 0 saturated heterocycles. The summed E-state index contributed by atoms with van der Waals surface area (Å²) in [6.45, 7) is 0. The number of methoxy groups -OCH3 is 1. The van der Waals surface area contributed by atoms with Crippen molar-refractivity contribution >= 4 is 23.1 Å². The smallest absolute Gasteiger partial charge is 0.194 e. The van der Waals surface area contributed by atoms with Gasteiger partial charge in [0.1, 0.15) is 5.75 Å². The SMILES string of the molecule is COc1cc(C(=O)c2cc(F)c(F)cc2Cl)ccc1N. The van der Waals surface area contributed by atoms with Crippen LogP contribution in [0.3, 0.4) is 0 Å². The molecule has 0 aliphatic carbocycles. The summed E-state index contributed by atoms with van der Waals surface area (Å²) in [4.78, 5) is 12.2. The van der Waals surface area contributed by atoms with Crippen molar-refractivity contribution in [2.24, 2.45) is 0 Å². The fourth-order valence-corrected chi connectivity index (χ4v) is 1.94. The Morgan fingerprint density at radius 3 is 2.50 bits per heavy atom. The minimum Gasteiger partial charge on any atom is -0.495 e. The molecule has 2 aromatic rings. The van der Waals surface area contributed by atoms with Crippen LogP contribution >= 0.6 is 11.6 Å². The van der Waals surface area contributed by atoms with E-state index < -0.39 is 17.4 Å². The average molecular weight is 298 g/mol. The second kappa shape index (κ2) is 5.46. The van der Waals surface area contributed by atoms with E-state index in [0.29, 0.717) is 11.4 Å². The van der Waals surface area contributed by atoms with Gasteiger partial charge >= 0.3 is 0 Å². The molecule has 2 rings (SSSR count). The molecule has 0 amide bonds. The minimum absolute atomic E-state index is 0.127. The fraction of sp³-hybridized carbons (Fsp3) is 0.0714. The van der Waals surface area contributed by atoms with Crippen LogP contribution in [0.25, 0.3) is 0 Å². The predicted octanol–water partition coefficient (Wildman–Crippen LogP) is 3.44. The Morgan fingerprint density at radius 2 is 1.85 bits per heavy atom. The summed E-state index contributed by atoms with van der Waals surface area (Å²) in [5.41, 5.74) is 6.09. The molecule has 0 saturated carbocycles. The van der Waals surface area contributed by atoms with Crippen molar-refractivity contribution in [3.8, 4) is 5.75 Å². The van der Waals surface area contributed by atoms with Gasteiger partial charge in [-0.05, 0) is 30.3 Å². The zero-order valence-electron chi connectivity index (χ0n) is 10.4. The number of carbonyl (C=O) groups is 1. The molecule has 0 bridgehead atoms. The van der Waals surface area contributed by atoms with Crippen LogP contribution in [0.2, 0.25) is 5.02 Å². The van der Waals surface area contributed by atoms with Gasteiger partial charge in [-0.3, -0.25) is 4.79 Å². The molecule has 0 atom stereocenters. The number of ketones is 1. The van der Waals surface area contributed by atoms with Crippen molar-refractivity contribution < 1.29 is 18.3 Å². The maximum Gasteiger partial charge on any atom is 0.194 e. The van der Waals surface area contributed by atoms with Crippen LogP contribution in [-0.4, -0.2) is 12.9 Å². The number of hydrogen-bond acceptors (Lipinski definition) is 3. The van der Waals surface area contributed by atoms with Crippen LogP contribution < -0.4 is 10.5 Å². The molecular weight excluding hydrogens is 288 g/mol. The number of benzene rings is 2. The minimum atomic E-state index is -1.14. The third-order valence-electron chi connectivity index (χ3n) is 2.75. The average Bonchev–Trinajstić information content (AvgIpc) is 2.42. The number of hydrogen-bond donors (Lipinski definition) is 1. The summed E-state index contributed by atoms with van der Waals surface area (Å²) in [7, 11) is 1.41. The quantitative estimate of drug-likeness (QED) is 0.536. The number of ether oxygens (including phenoxy) is 1. The number of rotatable bonds is 3. The van der Waals surface area contributed by atoms with Gasteiger partial charge in [-0.2, -0.15) is 0 Å². The molecule has 3 nitrogen and oxygen atoms in total. The number of anilines is 1. The van der Waals surface area contributed by atoms with Gasteiger partial charge in [0.05, 0.1) is 17.8 Å². The van der Waals surface area contributed by atoms with Crippen LogP contribution in [0.5, 0.6) is 5.75 Å². The molecule has 2 aromatic carbocycles. The molecule has 0 aliphatic rings. The molecule has 6 heteroatoms. The van der Waals surface area contributed by atoms with Crippen molar-refractivity contribution in [1.82, 2.24) is 0 Å². The Balaban J connectivity index is 2.49. The highest BCUT2D eigenvalue weighted by Crippen LogP contribution is 2.27. The lowest BCUT2D eigenvalue weighted by Gasteiger charge is -2.08. The van der Waals surface area contributed by atoms with Crippen molar-refractivity contribution in [1.29, 1.82) is 0 Å². The van der Waals surface area contributed by atoms with Gasteiger partial charge < -0.3 is 10.5 Å². The Morgan fingerprint density at radius 1 is 1.20 bits per heavy atom. The third kappa shape index (κ3) is 2.58. The van der Waals surface area contributed by atoms with Crippen molar-refractivity contribution in [2.75, 3.05) is 12.8 Å². The lowest BCUT2D eigenvalue weighted by atomic mass is 10.0. The van der Waals surface area contributed by atoms with Crippen LogP contribution in [0.15, 0.2) is 30.3 Å². The first kappa shape index (κ1) is 14.3. The van der Waals surface area contributed by atoms with Gasteiger partial charge in [0, 0.05) is 11.1 Å². The van der Waals surface area contributed by atoms with E-state index in [1.807, 2.05) is 0 Å². The maximum atomic E-state index is 13.2. The second-order valence-corrected chi connectivity index (χ2v) is 4.44. The fourth-order valence-electron chi connectivity index (χ4n) is 1.70. The molecule has 0 aromatic heterocycles. The van der Waals surface area contributed by atoms with Crippen LogP contribution in [0, 0.1) is 11.6 Å². The molecule has 0 heterocycles. The first-order valence-corrected chi connectivity index (χ1v) is 5.94. The van der Waals surface area contributed by atoms with Crippen molar-refractivity contribution in [2.45, 2.75) is 0 Å². The number of nitrogens with two attached hydrogens (primary N) is 1. The van der Waals surface area contributed by atoms with E-state index in [1.54, 1.807) is 0 Å². The molecule has 2 N–H and O–H groups in total. The van der Waals surface area contributed by atoms with E-state index in [0.717, 1.165) is 12.1 Å². The Bertz CT molecular complexity index is 689. The molecule has 104 valence electrons. The molecule has 20 heavy (non-hydrogen) atoms. The summed E-state index contributed by atoms with van der Waals surface area (Å²) in [5, 5.41) is -0.162. The van der Waals surface area contributed by atoms with E-state index >= 15 is 0 Å². The number of nitrogen functional groups attached to an aromatic ring is 1. The molecule has 0 unspecified atom stereocenters. The van der Waals surface area contributed by atoms with E-state index in [2.05, 4.69) is 0 Å². The number of halogens is 3. The van der Waals surface area contributed by atoms with Gasteiger partial charge in [0.25, 0.3) is 0 Å². The lowest BCUT2D eigenvalue weighted by molar-refractivity contribution is 0.103. The van der Waals surface area contributed by atoms with Crippen LogP contribution in [-0.2, 0) is 0 Å². The lowest BCUT2D eigenvalue weighted by Crippen LogP contribution is -2.05. The van der Waals surface area contributed by atoms with E-state index in [-0.39, 0.29) is 16.1 Å². The van der Waals surface area contributed by atoms with Gasteiger partial charge in [-0.1, -0.05) is 11.6 Å². The summed E-state index contributed by atoms with van der Waals surface area (Å²) < 4.78 is 31.2. The highest BCUT2D eigenvalue weighted by atomic mass is 35.5. The summed E-state index contributed by atoms with van der Waals surface area (Å²) in [6, 6.07) is 5.88. The molecule has 0 fully saturated rings. The summed E-state index contributed by atoms with van der Waals surface area (Å²) >= 11 is 5.77. The van der Waals surface area contributed by atoms with Crippen molar-refractivity contribution in [3.05, 3.63) is 58.1 Å². The molecule has 0 aliphatic heterocycles. The summed E-state index contributed by atoms with van der Waals surface area (Å²) in [5.74, 6) is -2.48. The Labute approximate surface area is 118 Å². The van der Waals surface area contributed by atoms with Gasteiger partial charge in [-0.15, -0.1) is 0 Å². The van der Waals surface area contributed by atoms with E-state index in [9.17, 15) is 13.6 Å². The van der Waals surface area contributed by atoms with E-state index in [1.165, 1.54) is 25.3 Å². The van der Waals surface area contributed by atoms with Gasteiger partial charge in [0.15, 0.2) is 17.4 Å². The topological polar surface area (TPSA) is 52.3 Å². The number of carbonyl (C=O) groups excluding carboxylic acids is 1. The predicted molar refractivity (Wildman–Crippen MR) is 72.2 cm³/mol. The first-order valence-electron chi connectivity index (χ1n) is 5.56. The highest BCUT2D eigenvalue weighted by Gasteiger charge is 2.17. The zero-order chi connectivity index (χ0) is 14.9.